The van der Waals surface area contributed by atoms with Crippen molar-refractivity contribution < 1.29 is 4.79 Å². The predicted octanol–water partition coefficient (Wildman–Crippen LogP) is 3.07. The number of amides is 1. The lowest BCUT2D eigenvalue weighted by molar-refractivity contribution is -0.117. The average molecular weight is 299 g/mol. The summed E-state index contributed by atoms with van der Waals surface area (Å²) in [5.41, 5.74) is 7.69. The molecular weight excluding hydrogens is 280 g/mol. The number of benzene rings is 1. The van der Waals surface area contributed by atoms with Gasteiger partial charge >= 0.3 is 0 Å². The van der Waals surface area contributed by atoms with Crippen LogP contribution in [0.3, 0.4) is 0 Å². The third kappa shape index (κ3) is 4.88. The second-order valence-corrected chi connectivity index (χ2v) is 5.66. The highest BCUT2D eigenvalue weighted by Gasteiger charge is 2.15. The molecule has 1 rings (SSSR count). The van der Waals surface area contributed by atoms with Crippen molar-refractivity contribution in [2.45, 2.75) is 33.2 Å². The van der Waals surface area contributed by atoms with Gasteiger partial charge in [0.05, 0.1) is 6.04 Å². The molecule has 0 saturated carbocycles. The van der Waals surface area contributed by atoms with Crippen molar-refractivity contribution in [1.29, 1.82) is 0 Å². The summed E-state index contributed by atoms with van der Waals surface area (Å²) in [5.74, 6) is 0.288. The number of nitrogens with two attached hydrogens (primary N) is 1. The molecule has 1 atom stereocenters. The molecule has 3 nitrogen and oxygen atoms in total. The first-order valence-corrected chi connectivity index (χ1v) is 6.51. The van der Waals surface area contributed by atoms with E-state index in [1.54, 1.807) is 0 Å². The molecule has 0 fully saturated rings. The molecule has 0 unspecified atom stereocenters. The van der Waals surface area contributed by atoms with Gasteiger partial charge in [-0.15, -0.1) is 0 Å². The maximum Gasteiger partial charge on any atom is 0.241 e. The number of anilines is 1. The van der Waals surface area contributed by atoms with Gasteiger partial charge in [-0.25, -0.2) is 0 Å². The monoisotopic (exact) mass is 298 g/mol. The van der Waals surface area contributed by atoms with E-state index in [0.29, 0.717) is 12.3 Å². The second-order valence-electron chi connectivity index (χ2n) is 4.74. The third-order valence-electron chi connectivity index (χ3n) is 2.37. The summed E-state index contributed by atoms with van der Waals surface area (Å²) in [5, 5.41) is 2.83. The Morgan fingerprint density at radius 2 is 2.06 bits per heavy atom. The molecule has 3 N–H and O–H groups in total. The Labute approximate surface area is 111 Å². The minimum Gasteiger partial charge on any atom is -0.325 e. The van der Waals surface area contributed by atoms with Gasteiger partial charge in [0, 0.05) is 10.2 Å². The lowest BCUT2D eigenvalue weighted by atomic mass is 10.0. The number of nitrogens with one attached hydrogen (secondary N) is 1. The summed E-state index contributed by atoms with van der Waals surface area (Å²) in [4.78, 5) is 11.8. The summed E-state index contributed by atoms with van der Waals surface area (Å²) >= 11 is 3.40. The molecule has 0 aromatic heterocycles. The molecule has 0 spiro atoms. The Morgan fingerprint density at radius 3 is 2.59 bits per heavy atom. The predicted molar refractivity (Wildman–Crippen MR) is 74.9 cm³/mol. The molecule has 0 saturated heterocycles. The van der Waals surface area contributed by atoms with E-state index in [-0.39, 0.29) is 5.91 Å². The molecule has 0 radical (unpaired) electrons. The van der Waals surface area contributed by atoms with Crippen LogP contribution in [0.25, 0.3) is 0 Å². The Morgan fingerprint density at radius 1 is 1.41 bits per heavy atom. The van der Waals surface area contributed by atoms with Crippen LogP contribution in [0.4, 0.5) is 5.69 Å². The molecular formula is C13H19BrN2O. The van der Waals surface area contributed by atoms with E-state index in [0.717, 1.165) is 15.7 Å². The topological polar surface area (TPSA) is 55.1 Å². The highest BCUT2D eigenvalue weighted by molar-refractivity contribution is 9.10. The van der Waals surface area contributed by atoms with Gasteiger partial charge < -0.3 is 11.1 Å². The first kappa shape index (κ1) is 14.2. The zero-order valence-electron chi connectivity index (χ0n) is 10.5. The first-order chi connectivity index (χ1) is 7.88. The third-order valence-corrected chi connectivity index (χ3v) is 2.83. The van der Waals surface area contributed by atoms with E-state index in [9.17, 15) is 4.79 Å². The van der Waals surface area contributed by atoms with Crippen LogP contribution < -0.4 is 11.1 Å². The Balaban J connectivity index is 2.67. The van der Waals surface area contributed by atoms with Crippen molar-refractivity contribution in [3.05, 3.63) is 28.2 Å². The maximum absolute atomic E-state index is 11.8. The van der Waals surface area contributed by atoms with Gasteiger partial charge in [-0.3, -0.25) is 4.79 Å². The van der Waals surface area contributed by atoms with E-state index >= 15 is 0 Å². The molecule has 94 valence electrons. The van der Waals surface area contributed by atoms with E-state index < -0.39 is 6.04 Å². The van der Waals surface area contributed by atoms with Crippen LogP contribution >= 0.6 is 15.9 Å². The van der Waals surface area contributed by atoms with Crippen molar-refractivity contribution in [3.8, 4) is 0 Å². The SMILES string of the molecule is Cc1cc(Br)cc(NC(=O)[C@H](N)CC(C)C)c1. The lowest BCUT2D eigenvalue weighted by Gasteiger charge is -2.14. The molecule has 0 bridgehead atoms. The quantitative estimate of drug-likeness (QED) is 0.897. The van der Waals surface area contributed by atoms with Crippen molar-refractivity contribution in [2.24, 2.45) is 11.7 Å². The number of hydrogen-bond acceptors (Lipinski definition) is 2. The van der Waals surface area contributed by atoms with Gasteiger partial charge in [0.1, 0.15) is 0 Å². The number of halogens is 1. The summed E-state index contributed by atoms with van der Waals surface area (Å²) in [6, 6.07) is 5.33. The smallest absolute Gasteiger partial charge is 0.241 e. The maximum atomic E-state index is 11.8. The fourth-order valence-electron chi connectivity index (χ4n) is 1.66. The Bertz CT molecular complexity index is 384. The highest BCUT2D eigenvalue weighted by atomic mass is 79.9. The van der Waals surface area contributed by atoms with Gasteiger partial charge in [-0.1, -0.05) is 29.8 Å². The Kier molecular flexibility index (Phi) is 5.15. The van der Waals surface area contributed by atoms with Crippen LogP contribution in [0, 0.1) is 12.8 Å². The standard InChI is InChI=1S/C13H19BrN2O/c1-8(2)4-12(15)13(17)16-11-6-9(3)5-10(14)7-11/h5-8,12H,4,15H2,1-3H3,(H,16,17)/t12-/m1/s1. The fourth-order valence-corrected chi connectivity index (χ4v) is 2.27. The van der Waals surface area contributed by atoms with Gasteiger partial charge in [0.2, 0.25) is 5.91 Å². The minimum absolute atomic E-state index is 0.129. The van der Waals surface area contributed by atoms with E-state index in [1.165, 1.54) is 0 Å². The van der Waals surface area contributed by atoms with Gasteiger partial charge in [0.25, 0.3) is 0 Å². The summed E-state index contributed by atoms with van der Waals surface area (Å²) < 4.78 is 0.949. The normalized spacial score (nSPS) is 12.6. The van der Waals surface area contributed by atoms with Gasteiger partial charge in [-0.05, 0) is 43.0 Å². The largest absolute Gasteiger partial charge is 0.325 e. The van der Waals surface area contributed by atoms with Crippen molar-refractivity contribution in [2.75, 3.05) is 5.32 Å². The van der Waals surface area contributed by atoms with Crippen LogP contribution in [0.15, 0.2) is 22.7 Å². The van der Waals surface area contributed by atoms with Crippen LogP contribution in [0.5, 0.6) is 0 Å². The molecule has 1 aromatic carbocycles. The van der Waals surface area contributed by atoms with Gasteiger partial charge in [-0.2, -0.15) is 0 Å². The number of carbonyl (C=O) groups excluding carboxylic acids is 1. The molecule has 1 amide bonds. The zero-order valence-corrected chi connectivity index (χ0v) is 12.0. The number of hydrogen-bond donors (Lipinski definition) is 2. The number of carbonyl (C=O) groups is 1. The summed E-state index contributed by atoms with van der Waals surface area (Å²) in [6.07, 6.45) is 0.693. The second kappa shape index (κ2) is 6.17. The highest BCUT2D eigenvalue weighted by Crippen LogP contribution is 2.19. The molecule has 0 aliphatic heterocycles. The first-order valence-electron chi connectivity index (χ1n) is 5.72. The summed E-state index contributed by atoms with van der Waals surface area (Å²) in [7, 11) is 0. The number of rotatable bonds is 4. The molecule has 0 aliphatic carbocycles. The fraction of sp³-hybridized carbons (Fsp3) is 0.462. The van der Waals surface area contributed by atoms with Crippen molar-refractivity contribution in [1.82, 2.24) is 0 Å². The Hall–Kier alpha value is -0.870. The van der Waals surface area contributed by atoms with Crippen LogP contribution in [0.1, 0.15) is 25.8 Å². The van der Waals surface area contributed by atoms with Crippen LogP contribution in [0.2, 0.25) is 0 Å². The van der Waals surface area contributed by atoms with Crippen molar-refractivity contribution >= 4 is 27.5 Å². The van der Waals surface area contributed by atoms with Crippen molar-refractivity contribution in [3.63, 3.8) is 0 Å². The van der Waals surface area contributed by atoms with Crippen LogP contribution in [-0.4, -0.2) is 11.9 Å². The molecule has 17 heavy (non-hydrogen) atoms. The van der Waals surface area contributed by atoms with Gasteiger partial charge in [0.15, 0.2) is 0 Å². The molecule has 1 aromatic rings. The van der Waals surface area contributed by atoms with E-state index in [4.69, 9.17) is 5.73 Å². The minimum atomic E-state index is -0.450. The van der Waals surface area contributed by atoms with E-state index in [1.807, 2.05) is 25.1 Å². The molecule has 0 aliphatic rings. The zero-order chi connectivity index (χ0) is 13.0. The summed E-state index contributed by atoms with van der Waals surface area (Å²) in [6.45, 7) is 6.08. The molecule has 0 heterocycles. The van der Waals surface area contributed by atoms with Crippen LogP contribution in [-0.2, 0) is 4.79 Å². The molecule has 4 heteroatoms. The van der Waals surface area contributed by atoms with E-state index in [2.05, 4.69) is 35.1 Å². The average Bonchev–Trinajstić information content (AvgIpc) is 2.14. The number of aryl methyl sites for hydroxylation is 1. The lowest BCUT2D eigenvalue weighted by Crippen LogP contribution is -2.36.